The first-order valence-electron chi connectivity index (χ1n) is 7.04. The Balaban J connectivity index is 2.27. The summed E-state index contributed by atoms with van der Waals surface area (Å²) in [7, 11) is 0. The average Bonchev–Trinajstić information content (AvgIpc) is 2.64. The highest BCUT2D eigenvalue weighted by Gasteiger charge is 2.29. The van der Waals surface area contributed by atoms with Crippen LogP contribution in [0.4, 0.5) is 5.69 Å². The van der Waals surface area contributed by atoms with Crippen LogP contribution < -0.4 is 4.90 Å². The lowest BCUT2D eigenvalue weighted by atomic mass is 10.0. The number of benzene rings is 2. The number of anilines is 1. The highest BCUT2D eigenvalue weighted by molar-refractivity contribution is 6.32. The lowest BCUT2D eigenvalue weighted by Crippen LogP contribution is -2.37. The molecule has 112 valence electrons. The van der Waals surface area contributed by atoms with E-state index < -0.39 is 12.1 Å². The molecule has 1 aliphatic rings. The van der Waals surface area contributed by atoms with Crippen LogP contribution in [0.2, 0.25) is 5.02 Å². The Morgan fingerprint density at radius 3 is 2.64 bits per heavy atom. The summed E-state index contributed by atoms with van der Waals surface area (Å²) < 4.78 is 0. The van der Waals surface area contributed by atoms with Crippen molar-refractivity contribution in [1.82, 2.24) is 0 Å². The number of hydrogen-bond acceptors (Lipinski definition) is 3. The molecule has 1 N–H and O–H groups in total. The summed E-state index contributed by atoms with van der Waals surface area (Å²) in [6.07, 6.45) is -1.42. The molecule has 2 aromatic rings. The second kappa shape index (κ2) is 5.91. The van der Waals surface area contributed by atoms with Crippen LogP contribution in [0.1, 0.15) is 18.1 Å². The van der Waals surface area contributed by atoms with Gasteiger partial charge >= 0.3 is 0 Å². The summed E-state index contributed by atoms with van der Waals surface area (Å²) >= 11 is 6.13. The van der Waals surface area contributed by atoms with Crippen molar-refractivity contribution in [3.05, 3.63) is 64.7 Å². The highest BCUT2D eigenvalue weighted by Crippen LogP contribution is 2.30. The summed E-state index contributed by atoms with van der Waals surface area (Å²) in [6, 6.07) is 14.8. The van der Waals surface area contributed by atoms with Gasteiger partial charge in [0.2, 0.25) is 6.23 Å². The van der Waals surface area contributed by atoms with Gasteiger partial charge in [-0.15, -0.1) is 0 Å². The van der Waals surface area contributed by atoms with E-state index in [9.17, 15) is 9.90 Å². The van der Waals surface area contributed by atoms with Crippen molar-refractivity contribution in [2.24, 2.45) is 4.99 Å². The molecule has 5 heteroatoms. The number of aliphatic hydroxyl groups excluding tert-OH is 1. The van der Waals surface area contributed by atoms with E-state index in [4.69, 9.17) is 11.6 Å². The van der Waals surface area contributed by atoms with Crippen LogP contribution in [-0.4, -0.2) is 29.5 Å². The van der Waals surface area contributed by atoms with Crippen LogP contribution >= 0.6 is 11.6 Å². The lowest BCUT2D eigenvalue weighted by Gasteiger charge is -2.22. The average molecular weight is 315 g/mol. The van der Waals surface area contributed by atoms with Crippen molar-refractivity contribution in [2.45, 2.75) is 13.2 Å². The van der Waals surface area contributed by atoms with Gasteiger partial charge < -0.3 is 10.0 Å². The van der Waals surface area contributed by atoms with Gasteiger partial charge in [0.25, 0.3) is 5.91 Å². The largest absolute Gasteiger partial charge is 0.364 e. The van der Waals surface area contributed by atoms with Crippen LogP contribution in [0.5, 0.6) is 0 Å². The lowest BCUT2D eigenvalue weighted by molar-refractivity contribution is -0.126. The van der Waals surface area contributed by atoms with E-state index in [0.29, 0.717) is 23.0 Å². The first kappa shape index (κ1) is 14.8. The predicted molar refractivity (Wildman–Crippen MR) is 87.6 cm³/mol. The summed E-state index contributed by atoms with van der Waals surface area (Å²) in [5.41, 5.74) is 2.84. The molecular weight excluding hydrogens is 300 g/mol. The van der Waals surface area contributed by atoms with Crippen LogP contribution in [0.3, 0.4) is 0 Å². The Hall–Kier alpha value is -2.17. The van der Waals surface area contributed by atoms with Gasteiger partial charge in [-0.1, -0.05) is 41.9 Å². The molecule has 3 rings (SSSR count). The number of aliphatic imine (C=N–C) groups is 1. The van der Waals surface area contributed by atoms with E-state index in [1.165, 1.54) is 4.90 Å². The molecule has 22 heavy (non-hydrogen) atoms. The van der Waals surface area contributed by atoms with Gasteiger partial charge in [-0.2, -0.15) is 0 Å². The van der Waals surface area contributed by atoms with Gasteiger partial charge in [0, 0.05) is 22.7 Å². The molecule has 0 bridgehead atoms. The van der Waals surface area contributed by atoms with E-state index in [1.807, 2.05) is 37.3 Å². The zero-order valence-corrected chi connectivity index (χ0v) is 12.8. The zero-order chi connectivity index (χ0) is 15.7. The first-order valence-corrected chi connectivity index (χ1v) is 7.42. The number of amides is 1. The fraction of sp³-hybridized carbons (Fsp3) is 0.176. The topological polar surface area (TPSA) is 52.9 Å². The third-order valence-corrected chi connectivity index (χ3v) is 3.84. The van der Waals surface area contributed by atoms with Crippen LogP contribution in [0, 0.1) is 0 Å². The monoisotopic (exact) mass is 314 g/mol. The van der Waals surface area contributed by atoms with Crippen molar-refractivity contribution in [2.75, 3.05) is 11.4 Å². The quantitative estimate of drug-likeness (QED) is 0.926. The summed E-state index contributed by atoms with van der Waals surface area (Å²) in [6.45, 7) is 2.30. The number of likely N-dealkylation sites (N-methyl/N-ethyl adjacent to an activating group) is 1. The summed E-state index contributed by atoms with van der Waals surface area (Å²) in [5, 5.41) is 10.7. The minimum absolute atomic E-state index is 0.433. The minimum Gasteiger partial charge on any atom is -0.364 e. The van der Waals surface area contributed by atoms with Gasteiger partial charge in [-0.25, -0.2) is 4.99 Å². The Morgan fingerprint density at radius 1 is 1.23 bits per heavy atom. The standard InChI is InChI=1S/C17H15ClN2O2/c1-2-20-14-9-8-12(18)10-13(14)15(19-16(21)17(20)22)11-6-4-3-5-7-11/h3-10,16,21H,2H2,1H3. The van der Waals surface area contributed by atoms with Gasteiger partial charge in [-0.05, 0) is 25.1 Å². The number of carbonyl (C=O) groups excluding carboxylic acids is 1. The molecule has 0 fully saturated rings. The van der Waals surface area contributed by atoms with Crippen molar-refractivity contribution in [3.63, 3.8) is 0 Å². The molecule has 4 nitrogen and oxygen atoms in total. The smallest absolute Gasteiger partial charge is 0.278 e. The summed E-state index contributed by atoms with van der Waals surface area (Å²) in [5.74, 6) is -0.433. The molecule has 0 aromatic heterocycles. The normalized spacial score (nSPS) is 17.8. The molecule has 1 heterocycles. The number of benzodiazepines with no additional fused rings is 1. The van der Waals surface area contributed by atoms with E-state index >= 15 is 0 Å². The van der Waals surface area contributed by atoms with Gasteiger partial charge in [0.1, 0.15) is 0 Å². The number of hydrogen-bond donors (Lipinski definition) is 1. The molecule has 1 unspecified atom stereocenters. The second-order valence-corrected chi connectivity index (χ2v) is 5.40. The molecule has 1 amide bonds. The third kappa shape index (κ3) is 2.51. The summed E-state index contributed by atoms with van der Waals surface area (Å²) in [4.78, 5) is 18.1. The molecule has 0 aliphatic carbocycles. The van der Waals surface area contributed by atoms with Crippen LogP contribution in [0.15, 0.2) is 53.5 Å². The first-order chi connectivity index (χ1) is 10.6. The molecule has 2 aromatic carbocycles. The van der Waals surface area contributed by atoms with Crippen LogP contribution in [0.25, 0.3) is 0 Å². The maximum Gasteiger partial charge on any atom is 0.278 e. The highest BCUT2D eigenvalue weighted by atomic mass is 35.5. The maximum atomic E-state index is 12.3. The Labute approximate surface area is 133 Å². The molecule has 0 saturated carbocycles. The number of rotatable bonds is 2. The Morgan fingerprint density at radius 2 is 1.95 bits per heavy atom. The van der Waals surface area contributed by atoms with E-state index in [1.54, 1.807) is 18.2 Å². The van der Waals surface area contributed by atoms with E-state index in [0.717, 1.165) is 11.1 Å². The number of aliphatic hydroxyl groups is 1. The van der Waals surface area contributed by atoms with E-state index in [2.05, 4.69) is 4.99 Å². The zero-order valence-electron chi connectivity index (χ0n) is 12.0. The van der Waals surface area contributed by atoms with Crippen molar-refractivity contribution >= 4 is 28.9 Å². The predicted octanol–water partition coefficient (Wildman–Crippen LogP) is 2.86. The fourth-order valence-electron chi connectivity index (χ4n) is 2.59. The van der Waals surface area contributed by atoms with Gasteiger partial charge in [0.05, 0.1) is 11.4 Å². The molecule has 0 spiro atoms. The number of halogens is 1. The van der Waals surface area contributed by atoms with Crippen molar-refractivity contribution in [3.8, 4) is 0 Å². The molecule has 1 atom stereocenters. The SMILES string of the molecule is CCN1C(=O)C(O)N=C(c2ccccc2)c2cc(Cl)ccc21. The maximum absolute atomic E-state index is 12.3. The van der Waals surface area contributed by atoms with E-state index in [-0.39, 0.29) is 0 Å². The third-order valence-electron chi connectivity index (χ3n) is 3.61. The van der Waals surface area contributed by atoms with Gasteiger partial charge in [-0.3, -0.25) is 4.79 Å². The van der Waals surface area contributed by atoms with Crippen molar-refractivity contribution in [1.29, 1.82) is 0 Å². The minimum atomic E-state index is -1.42. The number of nitrogens with zero attached hydrogens (tertiary/aromatic N) is 2. The Kier molecular flexibility index (Phi) is 3.96. The number of carbonyl (C=O) groups is 1. The van der Waals surface area contributed by atoms with Gasteiger partial charge in [0.15, 0.2) is 0 Å². The molecule has 1 aliphatic heterocycles. The number of fused-ring (bicyclic) bond motifs is 1. The Bertz CT molecular complexity index is 744. The molecule has 0 radical (unpaired) electrons. The molecular formula is C17H15ClN2O2. The fourth-order valence-corrected chi connectivity index (χ4v) is 2.76. The van der Waals surface area contributed by atoms with Crippen LogP contribution in [-0.2, 0) is 4.79 Å². The molecule has 0 saturated heterocycles. The van der Waals surface area contributed by atoms with Crippen molar-refractivity contribution < 1.29 is 9.90 Å². The second-order valence-electron chi connectivity index (χ2n) is 4.96.